The molecule has 0 radical (unpaired) electrons. The molecule has 10 heteroatoms. The Balaban J connectivity index is 1.46. The summed E-state index contributed by atoms with van der Waals surface area (Å²) in [6.45, 7) is 2.44. The predicted octanol–water partition coefficient (Wildman–Crippen LogP) is 3.93. The van der Waals surface area contributed by atoms with Crippen molar-refractivity contribution in [3.8, 4) is 0 Å². The molecular formula is C20H19F3N2O4S. The number of carbonyl (C=O) groups excluding carboxylic acids is 2. The number of thioether (sulfide) groups is 1. The molecule has 6 nitrogen and oxygen atoms in total. The number of carbonyl (C=O) groups is 2. The number of hydrogen-bond donors (Lipinski definition) is 1. The molecule has 2 aromatic rings. The van der Waals surface area contributed by atoms with Crippen molar-refractivity contribution in [2.45, 2.75) is 10.4 Å². The van der Waals surface area contributed by atoms with Crippen molar-refractivity contribution >= 4 is 35.0 Å². The Kier molecular flexibility index (Phi) is 7.22. The summed E-state index contributed by atoms with van der Waals surface area (Å²) in [7, 11) is 0. The average molecular weight is 440 g/mol. The number of nitrogens with zero attached hydrogens (tertiary/aromatic N) is 1. The van der Waals surface area contributed by atoms with Crippen molar-refractivity contribution in [1.82, 2.24) is 0 Å². The number of halogens is 3. The van der Waals surface area contributed by atoms with Gasteiger partial charge in [0, 0.05) is 29.4 Å². The maximum Gasteiger partial charge on any atom is 0.446 e. The maximum absolute atomic E-state index is 12.3. The third kappa shape index (κ3) is 6.67. The monoisotopic (exact) mass is 440 g/mol. The highest BCUT2D eigenvalue weighted by Gasteiger charge is 2.29. The number of morpholine rings is 1. The van der Waals surface area contributed by atoms with Gasteiger partial charge >= 0.3 is 11.5 Å². The summed E-state index contributed by atoms with van der Waals surface area (Å²) in [5, 5.41) is 2.63. The van der Waals surface area contributed by atoms with E-state index in [4.69, 9.17) is 9.47 Å². The Morgan fingerprint density at radius 2 is 1.67 bits per heavy atom. The van der Waals surface area contributed by atoms with Gasteiger partial charge in [0.15, 0.2) is 6.61 Å². The average Bonchev–Trinajstić information content (AvgIpc) is 2.72. The number of hydrogen-bond acceptors (Lipinski definition) is 6. The molecule has 0 aliphatic carbocycles. The van der Waals surface area contributed by atoms with Crippen LogP contribution in [0.1, 0.15) is 10.4 Å². The molecule has 2 aromatic carbocycles. The molecule has 1 amide bonds. The number of benzene rings is 2. The molecule has 1 aliphatic rings. The van der Waals surface area contributed by atoms with Gasteiger partial charge in [-0.25, -0.2) is 4.79 Å². The molecule has 1 fully saturated rings. The Morgan fingerprint density at radius 1 is 1.03 bits per heavy atom. The zero-order chi connectivity index (χ0) is 21.6. The molecule has 0 saturated carbocycles. The van der Waals surface area contributed by atoms with Gasteiger partial charge in [0.05, 0.1) is 18.8 Å². The molecule has 160 valence electrons. The number of rotatable bonds is 6. The minimum Gasteiger partial charge on any atom is -0.452 e. The first kappa shape index (κ1) is 22.0. The second kappa shape index (κ2) is 9.86. The van der Waals surface area contributed by atoms with Gasteiger partial charge in [-0.15, -0.1) is 0 Å². The van der Waals surface area contributed by atoms with Crippen LogP contribution < -0.4 is 10.2 Å². The molecule has 1 heterocycles. The Morgan fingerprint density at radius 3 is 2.27 bits per heavy atom. The van der Waals surface area contributed by atoms with Crippen LogP contribution in [-0.2, 0) is 14.3 Å². The molecule has 0 atom stereocenters. The first-order valence-corrected chi connectivity index (χ1v) is 9.87. The van der Waals surface area contributed by atoms with E-state index in [2.05, 4.69) is 10.2 Å². The lowest BCUT2D eigenvalue weighted by atomic mass is 10.2. The van der Waals surface area contributed by atoms with Gasteiger partial charge in [-0.2, -0.15) is 13.2 Å². The SMILES string of the molecule is O=C(COC(=O)c1ccc(SC(F)(F)F)cc1)Nc1ccc(N2CCOCC2)cc1. The lowest BCUT2D eigenvalue weighted by Crippen LogP contribution is -2.36. The number of ether oxygens (including phenoxy) is 2. The van der Waals surface area contributed by atoms with Crippen LogP contribution in [-0.4, -0.2) is 50.3 Å². The number of alkyl halides is 3. The summed E-state index contributed by atoms with van der Waals surface area (Å²) >= 11 is -0.275. The van der Waals surface area contributed by atoms with E-state index in [0.29, 0.717) is 18.9 Å². The molecule has 0 spiro atoms. The van der Waals surface area contributed by atoms with E-state index in [0.717, 1.165) is 18.8 Å². The van der Waals surface area contributed by atoms with Crippen LogP contribution in [0.4, 0.5) is 24.5 Å². The van der Waals surface area contributed by atoms with Gasteiger partial charge in [-0.3, -0.25) is 4.79 Å². The lowest BCUT2D eigenvalue weighted by molar-refractivity contribution is -0.119. The predicted molar refractivity (Wildman–Crippen MR) is 107 cm³/mol. The zero-order valence-corrected chi connectivity index (χ0v) is 16.6. The fourth-order valence-corrected chi connectivity index (χ4v) is 3.32. The van der Waals surface area contributed by atoms with E-state index >= 15 is 0 Å². The van der Waals surface area contributed by atoms with Crippen molar-refractivity contribution in [2.75, 3.05) is 43.1 Å². The van der Waals surface area contributed by atoms with Crippen molar-refractivity contribution in [3.05, 3.63) is 54.1 Å². The second-order valence-corrected chi connectivity index (χ2v) is 7.48. The third-order valence-electron chi connectivity index (χ3n) is 4.19. The van der Waals surface area contributed by atoms with Crippen LogP contribution in [0.5, 0.6) is 0 Å². The normalized spacial score (nSPS) is 14.3. The van der Waals surface area contributed by atoms with Gasteiger partial charge in [0.25, 0.3) is 5.91 Å². The Labute approximate surface area is 175 Å². The van der Waals surface area contributed by atoms with Crippen LogP contribution >= 0.6 is 11.8 Å². The lowest BCUT2D eigenvalue weighted by Gasteiger charge is -2.28. The Bertz CT molecular complexity index is 867. The first-order chi connectivity index (χ1) is 14.3. The van der Waals surface area contributed by atoms with Gasteiger partial charge in [0.1, 0.15) is 0 Å². The molecular weight excluding hydrogens is 421 g/mol. The van der Waals surface area contributed by atoms with E-state index in [1.54, 1.807) is 12.1 Å². The summed E-state index contributed by atoms with van der Waals surface area (Å²) in [6, 6.07) is 12.1. The highest BCUT2D eigenvalue weighted by molar-refractivity contribution is 8.00. The van der Waals surface area contributed by atoms with Crippen LogP contribution in [0.15, 0.2) is 53.4 Å². The number of amides is 1. The quantitative estimate of drug-likeness (QED) is 0.542. The Hall–Kier alpha value is -2.72. The number of anilines is 2. The topological polar surface area (TPSA) is 67.9 Å². The van der Waals surface area contributed by atoms with E-state index in [-0.39, 0.29) is 22.2 Å². The molecule has 1 N–H and O–H groups in total. The largest absolute Gasteiger partial charge is 0.452 e. The highest BCUT2D eigenvalue weighted by atomic mass is 32.2. The van der Waals surface area contributed by atoms with Crippen molar-refractivity contribution in [2.24, 2.45) is 0 Å². The van der Waals surface area contributed by atoms with Crippen molar-refractivity contribution in [1.29, 1.82) is 0 Å². The summed E-state index contributed by atoms with van der Waals surface area (Å²) < 4.78 is 47.2. The summed E-state index contributed by atoms with van der Waals surface area (Å²) in [6.07, 6.45) is 0. The third-order valence-corrected chi connectivity index (χ3v) is 4.92. The van der Waals surface area contributed by atoms with E-state index in [1.807, 2.05) is 12.1 Å². The standard InChI is InChI=1S/C20H19F3N2O4S/c21-20(22,23)30-17-7-1-14(2-8-17)19(27)29-13-18(26)24-15-3-5-16(6-4-15)25-9-11-28-12-10-25/h1-8H,9-13H2,(H,24,26). The van der Waals surface area contributed by atoms with Crippen molar-refractivity contribution in [3.63, 3.8) is 0 Å². The first-order valence-electron chi connectivity index (χ1n) is 9.06. The molecule has 3 rings (SSSR count). The minimum absolute atomic E-state index is 0.0441. The second-order valence-electron chi connectivity index (χ2n) is 6.34. The zero-order valence-electron chi connectivity index (χ0n) is 15.8. The minimum atomic E-state index is -4.40. The smallest absolute Gasteiger partial charge is 0.446 e. The van der Waals surface area contributed by atoms with Gasteiger partial charge < -0.3 is 19.7 Å². The molecule has 1 aliphatic heterocycles. The highest BCUT2D eigenvalue weighted by Crippen LogP contribution is 2.36. The van der Waals surface area contributed by atoms with Crippen LogP contribution in [0, 0.1) is 0 Å². The van der Waals surface area contributed by atoms with Gasteiger partial charge in [-0.05, 0) is 60.3 Å². The van der Waals surface area contributed by atoms with Gasteiger partial charge in [0.2, 0.25) is 0 Å². The van der Waals surface area contributed by atoms with Crippen LogP contribution in [0.2, 0.25) is 0 Å². The van der Waals surface area contributed by atoms with Crippen LogP contribution in [0.3, 0.4) is 0 Å². The van der Waals surface area contributed by atoms with Gasteiger partial charge in [-0.1, -0.05) is 0 Å². The van der Waals surface area contributed by atoms with Crippen LogP contribution in [0.25, 0.3) is 0 Å². The van der Waals surface area contributed by atoms with E-state index < -0.39 is 24.0 Å². The molecule has 0 aromatic heterocycles. The fourth-order valence-electron chi connectivity index (χ4n) is 2.78. The molecule has 0 bridgehead atoms. The summed E-state index contributed by atoms with van der Waals surface area (Å²) in [4.78, 5) is 26.1. The molecule has 0 unspecified atom stereocenters. The number of esters is 1. The fraction of sp³-hybridized carbons (Fsp3) is 0.300. The number of nitrogens with one attached hydrogen (secondary N) is 1. The summed E-state index contributed by atoms with van der Waals surface area (Å²) in [5.41, 5.74) is -2.76. The van der Waals surface area contributed by atoms with Crippen molar-refractivity contribution < 1.29 is 32.2 Å². The molecule has 30 heavy (non-hydrogen) atoms. The summed E-state index contributed by atoms with van der Waals surface area (Å²) in [5.74, 6) is -1.32. The van der Waals surface area contributed by atoms with E-state index in [1.165, 1.54) is 24.3 Å². The maximum atomic E-state index is 12.3. The molecule has 1 saturated heterocycles. The van der Waals surface area contributed by atoms with E-state index in [9.17, 15) is 22.8 Å².